The summed E-state index contributed by atoms with van der Waals surface area (Å²) in [5, 5.41) is 6.00. The second-order valence-corrected chi connectivity index (χ2v) is 9.18. The molecule has 1 aliphatic rings. The molecule has 0 saturated heterocycles. The molecule has 0 bridgehead atoms. The number of hydrogen-bond donors (Lipinski definition) is 0. The Bertz CT molecular complexity index is 1710. The lowest BCUT2D eigenvalue weighted by atomic mass is 10.0. The summed E-state index contributed by atoms with van der Waals surface area (Å²) >= 11 is 0. The Hall–Kier alpha value is -4.26. The highest BCUT2D eigenvalue weighted by Gasteiger charge is 2.22. The van der Waals surface area contributed by atoms with Crippen LogP contribution in [0.1, 0.15) is 22.8 Å². The molecule has 0 saturated carbocycles. The van der Waals surface area contributed by atoms with Crippen molar-refractivity contribution >= 4 is 33.5 Å². The van der Waals surface area contributed by atoms with Crippen LogP contribution in [0.15, 0.2) is 72.8 Å². The van der Waals surface area contributed by atoms with Gasteiger partial charge in [-0.05, 0) is 48.7 Å². The van der Waals surface area contributed by atoms with Gasteiger partial charge in [0.1, 0.15) is 5.82 Å². The normalized spacial score (nSPS) is 13.7. The van der Waals surface area contributed by atoms with Crippen molar-refractivity contribution in [2.75, 3.05) is 11.4 Å². The maximum Gasteiger partial charge on any atom is 0.229 e. The first-order valence-electron chi connectivity index (χ1n) is 12.1. The Balaban J connectivity index is 1.29. The van der Waals surface area contributed by atoms with E-state index in [-0.39, 0.29) is 0 Å². The van der Waals surface area contributed by atoms with E-state index in [1.807, 2.05) is 22.7 Å². The first-order chi connectivity index (χ1) is 17.2. The molecule has 4 heterocycles. The zero-order chi connectivity index (χ0) is 23.4. The third-order valence-electron chi connectivity index (χ3n) is 7.02. The zero-order valence-corrected chi connectivity index (χ0v) is 19.6. The van der Waals surface area contributed by atoms with Crippen molar-refractivity contribution in [3.8, 4) is 0 Å². The van der Waals surface area contributed by atoms with Gasteiger partial charge in [-0.3, -0.25) is 0 Å². The number of rotatable bonds is 4. The van der Waals surface area contributed by atoms with E-state index < -0.39 is 0 Å². The van der Waals surface area contributed by atoms with Gasteiger partial charge in [0.15, 0.2) is 11.5 Å². The molecule has 0 fully saturated rings. The molecule has 0 N–H and O–H groups in total. The highest BCUT2D eigenvalue weighted by Crippen LogP contribution is 2.27. The molecule has 3 aromatic heterocycles. The summed E-state index contributed by atoms with van der Waals surface area (Å²) in [6, 6.07) is 25.2. The van der Waals surface area contributed by atoms with E-state index in [4.69, 9.17) is 20.1 Å². The predicted octanol–water partition coefficient (Wildman–Crippen LogP) is 4.74. The Kier molecular flexibility index (Phi) is 4.55. The molecule has 35 heavy (non-hydrogen) atoms. The van der Waals surface area contributed by atoms with Crippen molar-refractivity contribution in [1.29, 1.82) is 0 Å². The van der Waals surface area contributed by atoms with Crippen LogP contribution in [0.3, 0.4) is 0 Å². The number of fused-ring (bicyclic) bond motifs is 5. The number of hydrogen-bond acceptors (Lipinski definition) is 5. The van der Waals surface area contributed by atoms with Crippen LogP contribution in [0.2, 0.25) is 0 Å². The SMILES string of the molecule is Cc1nc2ccccc2n1CCc1nc2c3ccccc3nc(N3CCc4ccccc4C3)n2n1. The molecule has 3 aromatic carbocycles. The van der Waals surface area contributed by atoms with Gasteiger partial charge in [0, 0.05) is 31.4 Å². The van der Waals surface area contributed by atoms with Gasteiger partial charge in [0.2, 0.25) is 5.95 Å². The Morgan fingerprint density at radius 2 is 1.57 bits per heavy atom. The Morgan fingerprint density at radius 1 is 0.800 bits per heavy atom. The van der Waals surface area contributed by atoms with Crippen molar-refractivity contribution in [1.82, 2.24) is 29.1 Å². The second kappa shape index (κ2) is 7.91. The number of benzene rings is 3. The molecular weight excluding hydrogens is 434 g/mol. The van der Waals surface area contributed by atoms with E-state index in [1.165, 1.54) is 11.1 Å². The summed E-state index contributed by atoms with van der Waals surface area (Å²) in [5.41, 5.74) is 6.76. The highest BCUT2D eigenvalue weighted by atomic mass is 15.4. The predicted molar refractivity (Wildman–Crippen MR) is 138 cm³/mol. The lowest BCUT2D eigenvalue weighted by molar-refractivity contribution is 0.660. The molecule has 6 aromatic rings. The second-order valence-electron chi connectivity index (χ2n) is 9.18. The van der Waals surface area contributed by atoms with E-state index in [1.54, 1.807) is 0 Å². The number of para-hydroxylation sites is 3. The number of nitrogens with zero attached hydrogens (tertiary/aromatic N) is 7. The van der Waals surface area contributed by atoms with Crippen molar-refractivity contribution in [2.45, 2.75) is 32.9 Å². The summed E-state index contributed by atoms with van der Waals surface area (Å²) in [7, 11) is 0. The first-order valence-corrected chi connectivity index (χ1v) is 12.1. The molecule has 0 aliphatic carbocycles. The summed E-state index contributed by atoms with van der Waals surface area (Å²) < 4.78 is 4.20. The van der Waals surface area contributed by atoms with Crippen LogP contribution in [-0.4, -0.2) is 35.7 Å². The number of aryl methyl sites for hydroxylation is 3. The van der Waals surface area contributed by atoms with Gasteiger partial charge < -0.3 is 9.47 Å². The molecule has 0 unspecified atom stereocenters. The van der Waals surface area contributed by atoms with E-state index >= 15 is 0 Å². The molecular formula is C28H25N7. The quantitative estimate of drug-likeness (QED) is 0.381. The van der Waals surface area contributed by atoms with Crippen molar-refractivity contribution < 1.29 is 0 Å². The molecule has 0 atom stereocenters. The van der Waals surface area contributed by atoms with Crippen LogP contribution in [0.4, 0.5) is 5.95 Å². The molecule has 7 heteroatoms. The molecule has 0 spiro atoms. The fourth-order valence-electron chi connectivity index (χ4n) is 5.25. The molecule has 0 amide bonds. The molecule has 0 radical (unpaired) electrons. The summed E-state index contributed by atoms with van der Waals surface area (Å²) in [6.45, 7) is 4.57. The summed E-state index contributed by atoms with van der Waals surface area (Å²) in [6.07, 6.45) is 1.72. The van der Waals surface area contributed by atoms with Crippen LogP contribution < -0.4 is 4.90 Å². The average Bonchev–Trinajstić information content (AvgIpc) is 3.47. The van der Waals surface area contributed by atoms with Crippen LogP contribution in [0, 0.1) is 6.92 Å². The lowest BCUT2D eigenvalue weighted by Gasteiger charge is -2.29. The van der Waals surface area contributed by atoms with Crippen LogP contribution >= 0.6 is 0 Å². The number of imidazole rings is 1. The van der Waals surface area contributed by atoms with Gasteiger partial charge in [-0.15, -0.1) is 5.10 Å². The average molecular weight is 460 g/mol. The Labute approximate surface area is 202 Å². The fraction of sp³-hybridized carbons (Fsp3) is 0.214. The van der Waals surface area contributed by atoms with Gasteiger partial charge in [-0.1, -0.05) is 48.5 Å². The van der Waals surface area contributed by atoms with E-state index in [0.717, 1.165) is 77.7 Å². The fourth-order valence-corrected chi connectivity index (χ4v) is 5.25. The van der Waals surface area contributed by atoms with E-state index in [0.29, 0.717) is 0 Å². The smallest absolute Gasteiger partial charge is 0.229 e. The molecule has 7 rings (SSSR count). The number of aromatic nitrogens is 6. The minimum atomic E-state index is 0.722. The van der Waals surface area contributed by atoms with Gasteiger partial charge in [-0.2, -0.15) is 4.52 Å². The first kappa shape index (κ1) is 20.1. The molecule has 7 nitrogen and oxygen atoms in total. The maximum absolute atomic E-state index is 5.05. The third-order valence-corrected chi connectivity index (χ3v) is 7.02. The van der Waals surface area contributed by atoms with Crippen molar-refractivity contribution in [2.24, 2.45) is 0 Å². The minimum Gasteiger partial charge on any atom is -0.336 e. The van der Waals surface area contributed by atoms with E-state index in [9.17, 15) is 0 Å². The van der Waals surface area contributed by atoms with Gasteiger partial charge in [0.05, 0.1) is 16.6 Å². The van der Waals surface area contributed by atoms with Crippen molar-refractivity contribution in [3.63, 3.8) is 0 Å². The zero-order valence-electron chi connectivity index (χ0n) is 19.6. The van der Waals surface area contributed by atoms with E-state index in [2.05, 4.69) is 71.0 Å². The van der Waals surface area contributed by atoms with Gasteiger partial charge >= 0.3 is 0 Å². The standard InChI is InChI=1S/C28H25N7/c1-19-29-24-12-6-7-13-25(24)34(19)17-15-26-31-27-22-10-4-5-11-23(22)30-28(35(27)32-26)33-16-14-20-8-2-3-9-21(20)18-33/h2-13H,14-18H2,1H3. The van der Waals surface area contributed by atoms with Crippen LogP contribution in [-0.2, 0) is 25.9 Å². The van der Waals surface area contributed by atoms with Crippen LogP contribution in [0.5, 0.6) is 0 Å². The van der Waals surface area contributed by atoms with Crippen LogP contribution in [0.25, 0.3) is 27.6 Å². The summed E-state index contributed by atoms with van der Waals surface area (Å²) in [4.78, 5) is 17.1. The largest absolute Gasteiger partial charge is 0.336 e. The molecule has 1 aliphatic heterocycles. The minimum absolute atomic E-state index is 0.722. The molecule has 172 valence electrons. The maximum atomic E-state index is 5.05. The summed E-state index contributed by atoms with van der Waals surface area (Å²) in [5.74, 6) is 2.69. The topological polar surface area (TPSA) is 64.1 Å². The Morgan fingerprint density at radius 3 is 2.49 bits per heavy atom. The number of anilines is 1. The highest BCUT2D eigenvalue weighted by molar-refractivity contribution is 5.92. The van der Waals surface area contributed by atoms with Gasteiger partial charge in [-0.25, -0.2) is 15.0 Å². The van der Waals surface area contributed by atoms with Crippen molar-refractivity contribution in [3.05, 3.63) is 95.6 Å². The lowest BCUT2D eigenvalue weighted by Crippen LogP contribution is -2.32. The monoisotopic (exact) mass is 459 g/mol. The van der Waals surface area contributed by atoms with Gasteiger partial charge in [0.25, 0.3) is 0 Å². The third kappa shape index (κ3) is 3.34.